The number of nitrogens with two attached hydrogens (primary N) is 1. The maximum absolute atomic E-state index is 15.6. The third-order valence-corrected chi connectivity index (χ3v) is 11.5. The zero-order valence-corrected chi connectivity index (χ0v) is 27.0. The summed E-state index contributed by atoms with van der Waals surface area (Å²) >= 11 is 12.5. The van der Waals surface area contributed by atoms with E-state index in [1.807, 2.05) is 4.90 Å². The van der Waals surface area contributed by atoms with Crippen LogP contribution in [0, 0.1) is 22.6 Å². The number of nitriles is 1. The molecule has 4 aromatic rings. The minimum Gasteiger partial charge on any atom is -0.468 e. The van der Waals surface area contributed by atoms with Gasteiger partial charge in [0, 0.05) is 66.3 Å². The highest BCUT2D eigenvalue weighted by Crippen LogP contribution is 2.44. The predicted molar refractivity (Wildman–Crippen MR) is 171 cm³/mol. The van der Waals surface area contributed by atoms with Crippen LogP contribution in [0.2, 0.25) is 10.0 Å². The lowest BCUT2D eigenvalue weighted by Crippen LogP contribution is -2.61. The largest absolute Gasteiger partial charge is 0.468 e. The molecular formula is C31H30Cl2FN7O4S. The molecule has 3 aliphatic heterocycles. The second-order valence-corrected chi connectivity index (χ2v) is 15.2. The molecule has 7 rings (SSSR count). The number of rotatable bonds is 6. The van der Waals surface area contributed by atoms with E-state index in [0.717, 1.165) is 19.3 Å². The van der Waals surface area contributed by atoms with Gasteiger partial charge in [-0.25, -0.2) is 22.5 Å². The average molecular weight is 687 g/mol. The molecule has 1 aromatic carbocycles. The monoisotopic (exact) mass is 685 g/mol. The van der Waals surface area contributed by atoms with Gasteiger partial charge in [0.2, 0.25) is 0 Å². The van der Waals surface area contributed by atoms with Gasteiger partial charge in [-0.15, -0.1) is 0 Å². The van der Waals surface area contributed by atoms with Crippen molar-refractivity contribution in [1.29, 1.82) is 5.26 Å². The van der Waals surface area contributed by atoms with Gasteiger partial charge in [-0.2, -0.15) is 10.4 Å². The van der Waals surface area contributed by atoms with Gasteiger partial charge >= 0.3 is 0 Å². The summed E-state index contributed by atoms with van der Waals surface area (Å²) in [5.41, 5.74) is 8.03. The van der Waals surface area contributed by atoms with Gasteiger partial charge in [0.1, 0.15) is 17.6 Å². The lowest BCUT2D eigenvalue weighted by atomic mass is 9.77. The number of nitrogens with zero attached hydrogens (tertiary/aromatic N) is 6. The molecule has 6 heterocycles. The van der Waals surface area contributed by atoms with Crippen LogP contribution in [-0.2, 0) is 14.6 Å². The second kappa shape index (κ2) is 11.9. The summed E-state index contributed by atoms with van der Waals surface area (Å²) in [6.07, 6.45) is 6.81. The highest BCUT2D eigenvalue weighted by molar-refractivity contribution is 7.91. The summed E-state index contributed by atoms with van der Waals surface area (Å²) in [4.78, 5) is 10.5. The highest BCUT2D eigenvalue weighted by Gasteiger charge is 2.48. The van der Waals surface area contributed by atoms with Crippen LogP contribution >= 0.6 is 23.2 Å². The molecule has 0 bridgehead atoms. The smallest absolute Gasteiger partial charge is 0.177 e. The summed E-state index contributed by atoms with van der Waals surface area (Å²) in [5, 5.41) is 15.9. The molecule has 240 valence electrons. The van der Waals surface area contributed by atoms with E-state index in [9.17, 15) is 13.7 Å². The van der Waals surface area contributed by atoms with Gasteiger partial charge in [0.05, 0.1) is 32.6 Å². The van der Waals surface area contributed by atoms with Crippen molar-refractivity contribution in [3.05, 3.63) is 63.8 Å². The van der Waals surface area contributed by atoms with Crippen molar-refractivity contribution >= 4 is 49.8 Å². The van der Waals surface area contributed by atoms with E-state index < -0.39 is 28.1 Å². The first-order valence-corrected chi connectivity index (χ1v) is 17.5. The molecule has 3 saturated heterocycles. The number of sulfone groups is 1. The number of pyridine rings is 2. The van der Waals surface area contributed by atoms with E-state index in [-0.39, 0.29) is 38.3 Å². The van der Waals surface area contributed by atoms with Gasteiger partial charge in [-0.1, -0.05) is 23.2 Å². The van der Waals surface area contributed by atoms with E-state index in [1.54, 1.807) is 16.9 Å². The van der Waals surface area contributed by atoms with Crippen LogP contribution in [0.25, 0.3) is 22.2 Å². The molecule has 0 saturated carbocycles. The summed E-state index contributed by atoms with van der Waals surface area (Å²) in [6.45, 7) is 1.60. The van der Waals surface area contributed by atoms with E-state index in [1.165, 1.54) is 24.5 Å². The molecule has 0 aliphatic carbocycles. The molecule has 3 aliphatic rings. The summed E-state index contributed by atoms with van der Waals surface area (Å²) < 4.78 is 53.7. The van der Waals surface area contributed by atoms with Crippen molar-refractivity contribution in [3.8, 4) is 23.1 Å². The Morgan fingerprint density at radius 3 is 2.63 bits per heavy atom. The van der Waals surface area contributed by atoms with Crippen molar-refractivity contribution in [2.24, 2.45) is 11.1 Å². The third kappa shape index (κ3) is 5.66. The Bertz CT molecular complexity index is 1970. The number of aromatic nitrogens is 4. The first-order chi connectivity index (χ1) is 22.1. The number of ether oxygens (including phenoxy) is 2. The van der Waals surface area contributed by atoms with Gasteiger partial charge < -0.3 is 14.4 Å². The van der Waals surface area contributed by atoms with Crippen LogP contribution in [0.1, 0.15) is 55.7 Å². The van der Waals surface area contributed by atoms with Gasteiger partial charge in [-0.3, -0.25) is 10.7 Å². The Balaban J connectivity index is 1.26. The third-order valence-electron chi connectivity index (χ3n) is 8.92. The number of benzene rings is 1. The summed E-state index contributed by atoms with van der Waals surface area (Å²) in [7, 11) is -3.07. The van der Waals surface area contributed by atoms with Gasteiger partial charge in [0.15, 0.2) is 33.9 Å². The van der Waals surface area contributed by atoms with Crippen LogP contribution in [0.5, 0.6) is 5.75 Å². The Hall–Kier alpha value is -3.54. The van der Waals surface area contributed by atoms with Crippen molar-refractivity contribution in [3.63, 3.8) is 0 Å². The lowest BCUT2D eigenvalue weighted by molar-refractivity contribution is -0.0365. The normalized spacial score (nSPS) is 21.1. The molecule has 3 fully saturated rings. The van der Waals surface area contributed by atoms with Crippen LogP contribution in [0.15, 0.2) is 36.8 Å². The Kier molecular flexibility index (Phi) is 8.05. The van der Waals surface area contributed by atoms with Crippen LogP contribution in [0.4, 0.5) is 10.2 Å². The minimum atomic E-state index is -3.07. The topological polar surface area (TPSA) is 149 Å². The van der Waals surface area contributed by atoms with Crippen molar-refractivity contribution in [1.82, 2.24) is 19.7 Å². The van der Waals surface area contributed by atoms with Crippen molar-refractivity contribution < 1.29 is 22.3 Å². The van der Waals surface area contributed by atoms with E-state index in [0.29, 0.717) is 66.1 Å². The summed E-state index contributed by atoms with van der Waals surface area (Å²) in [5.74, 6) is 0.0631. The molecule has 1 unspecified atom stereocenters. The quantitative estimate of drug-likeness (QED) is 0.256. The minimum absolute atomic E-state index is 0.146. The molecule has 3 aromatic heterocycles. The number of fused-ring (bicyclic) bond motifs is 1. The standard InChI is InChI=1S/C31H30Cl2FN7O4S/c32-21-13-37-14-22(33)27(21)29(36)45-25-9-20-24(10-23(25)34)41(26-4-1-2-6-44-26)39-28(20)19-8-18(11-35)30(38-12-19)40-15-31(16-40)5-3-7-46(42,43)17-31/h8-10,12-14,26,29H,1-7,15-17,36H2/t26?,29-/m0/s1. The Labute approximate surface area is 274 Å². The number of hydrogen-bond donors (Lipinski definition) is 1. The van der Waals surface area contributed by atoms with E-state index >= 15 is 4.39 Å². The molecule has 2 N–H and O–H groups in total. The Morgan fingerprint density at radius 1 is 1.15 bits per heavy atom. The SMILES string of the molecule is N#Cc1cc(-c2nn(C3CCCCO3)c3cc(F)c(O[C@H](N)c4c(Cl)cncc4Cl)cc23)cnc1N1CC2(CCCS(=O)(=O)C2)C1. The molecule has 2 atom stereocenters. The molecule has 0 radical (unpaired) electrons. The fourth-order valence-corrected chi connectivity index (χ4v) is 9.40. The highest BCUT2D eigenvalue weighted by atomic mass is 35.5. The number of anilines is 1. The van der Waals surface area contributed by atoms with Crippen LogP contribution in [0.3, 0.4) is 0 Å². The fourth-order valence-electron chi connectivity index (χ4n) is 6.83. The maximum Gasteiger partial charge on any atom is 0.177 e. The van der Waals surface area contributed by atoms with E-state index in [4.69, 9.17) is 43.5 Å². The zero-order chi connectivity index (χ0) is 32.2. The predicted octanol–water partition coefficient (Wildman–Crippen LogP) is 5.56. The van der Waals surface area contributed by atoms with Crippen LogP contribution in [-0.4, -0.2) is 59.4 Å². The molecule has 11 nitrogen and oxygen atoms in total. The first kappa shape index (κ1) is 31.1. The molecular weight excluding hydrogens is 656 g/mol. The zero-order valence-electron chi connectivity index (χ0n) is 24.6. The van der Waals surface area contributed by atoms with Crippen molar-refractivity contribution in [2.45, 2.75) is 44.6 Å². The number of halogens is 3. The lowest BCUT2D eigenvalue weighted by Gasteiger charge is -2.52. The first-order valence-electron chi connectivity index (χ1n) is 15.0. The van der Waals surface area contributed by atoms with Crippen molar-refractivity contribution in [2.75, 3.05) is 36.1 Å². The average Bonchev–Trinajstić information content (AvgIpc) is 3.37. The molecule has 46 heavy (non-hydrogen) atoms. The number of hydrogen-bond acceptors (Lipinski definition) is 10. The fraction of sp³-hybridized carbons (Fsp3) is 0.419. The Morgan fingerprint density at radius 2 is 1.93 bits per heavy atom. The molecule has 0 amide bonds. The second-order valence-electron chi connectivity index (χ2n) is 12.2. The molecule has 1 spiro atoms. The van der Waals surface area contributed by atoms with Crippen LogP contribution < -0.4 is 15.4 Å². The van der Waals surface area contributed by atoms with E-state index in [2.05, 4.69) is 16.0 Å². The van der Waals surface area contributed by atoms with Gasteiger partial charge in [0.25, 0.3) is 0 Å². The molecule has 15 heteroatoms. The van der Waals surface area contributed by atoms with Gasteiger partial charge in [-0.05, 0) is 44.2 Å². The maximum atomic E-state index is 15.6. The summed E-state index contributed by atoms with van der Waals surface area (Å²) in [6, 6.07) is 6.78.